The van der Waals surface area contributed by atoms with Gasteiger partial charge in [-0.05, 0) is 43.0 Å². The molecular weight excluding hydrogens is 509 g/mol. The highest BCUT2D eigenvalue weighted by Crippen LogP contribution is 2.40. The van der Waals surface area contributed by atoms with Gasteiger partial charge in [-0.2, -0.15) is 17.5 Å². The second-order valence-corrected chi connectivity index (χ2v) is 11.6. The van der Waals surface area contributed by atoms with E-state index in [0.717, 1.165) is 32.1 Å². The van der Waals surface area contributed by atoms with Crippen LogP contribution in [0.3, 0.4) is 0 Å². The highest BCUT2D eigenvalue weighted by Gasteiger charge is 2.51. The molecule has 1 atom stereocenters. The summed E-state index contributed by atoms with van der Waals surface area (Å²) in [6.07, 6.45) is 7.30. The lowest BCUT2D eigenvalue weighted by Gasteiger charge is -2.35. The van der Waals surface area contributed by atoms with Crippen LogP contribution in [0, 0.1) is 5.92 Å². The number of alkyl halides is 3. The van der Waals surface area contributed by atoms with Crippen LogP contribution in [0.15, 0.2) is 36.5 Å². The fourth-order valence-corrected chi connectivity index (χ4v) is 6.28. The number of aliphatic hydroxyl groups excluding tert-OH is 1. The van der Waals surface area contributed by atoms with E-state index in [4.69, 9.17) is 10.5 Å². The van der Waals surface area contributed by atoms with E-state index in [1.165, 1.54) is 0 Å². The number of aliphatic hydroxyl groups is 1. The first-order valence-corrected chi connectivity index (χ1v) is 13.9. The summed E-state index contributed by atoms with van der Waals surface area (Å²) in [5.74, 6) is 0.706. The maximum atomic E-state index is 13.7. The molecule has 1 fully saturated rings. The summed E-state index contributed by atoms with van der Waals surface area (Å²) in [7, 11) is -5.61. The van der Waals surface area contributed by atoms with E-state index in [-0.39, 0.29) is 32.1 Å². The zero-order valence-electron chi connectivity index (χ0n) is 20.5. The van der Waals surface area contributed by atoms with Gasteiger partial charge in [0, 0.05) is 42.3 Å². The van der Waals surface area contributed by atoms with E-state index >= 15 is 0 Å². The molecule has 1 aliphatic heterocycles. The van der Waals surface area contributed by atoms with Crippen LogP contribution in [0.4, 0.5) is 24.5 Å². The molecule has 2 aliphatic rings. The van der Waals surface area contributed by atoms with Crippen LogP contribution in [0.2, 0.25) is 0 Å². The molecule has 0 bridgehead atoms. The molecule has 1 aromatic carbocycles. The quantitative estimate of drug-likeness (QED) is 0.492. The number of fused-ring (bicyclic) bond motifs is 1. The van der Waals surface area contributed by atoms with Crippen molar-refractivity contribution >= 4 is 21.4 Å². The molecule has 0 unspecified atom stereocenters. The second-order valence-electron chi connectivity index (χ2n) is 9.66. The van der Waals surface area contributed by atoms with Crippen molar-refractivity contribution in [2.24, 2.45) is 5.92 Å². The van der Waals surface area contributed by atoms with Crippen molar-refractivity contribution in [3.63, 3.8) is 0 Å². The van der Waals surface area contributed by atoms with Crippen LogP contribution in [0.25, 0.3) is 0 Å². The topological polar surface area (TPSA) is 109 Å². The lowest BCUT2D eigenvalue weighted by molar-refractivity contribution is -0.0492. The van der Waals surface area contributed by atoms with Crippen molar-refractivity contribution in [2.45, 2.75) is 63.2 Å². The van der Waals surface area contributed by atoms with Crippen LogP contribution in [-0.2, 0) is 23.1 Å². The SMILES string of the molecule is Nc1ccnc(CN2c3cccc(OCCO)c3CN(S(=O)(=O)C(F)(F)F)C[C@H]2CCC2CCCC2)c1. The Kier molecular flexibility index (Phi) is 8.49. The predicted octanol–water partition coefficient (Wildman–Crippen LogP) is 4.05. The largest absolute Gasteiger partial charge is 0.511 e. The van der Waals surface area contributed by atoms with E-state index in [9.17, 15) is 26.7 Å². The summed E-state index contributed by atoms with van der Waals surface area (Å²) in [6.45, 7) is -0.971. The average Bonchev–Trinajstić information content (AvgIpc) is 3.31. The van der Waals surface area contributed by atoms with Crippen molar-refractivity contribution in [2.75, 3.05) is 30.4 Å². The molecular formula is C25H33F3N4O4S. The van der Waals surface area contributed by atoms with Crippen molar-refractivity contribution in [3.05, 3.63) is 47.8 Å². The highest BCUT2D eigenvalue weighted by atomic mass is 32.2. The number of ether oxygens (including phenoxy) is 1. The van der Waals surface area contributed by atoms with Gasteiger partial charge in [0.1, 0.15) is 12.4 Å². The first kappa shape index (κ1) is 27.5. The smallest absolute Gasteiger partial charge is 0.491 e. The van der Waals surface area contributed by atoms with Crippen molar-refractivity contribution in [3.8, 4) is 5.75 Å². The Labute approximate surface area is 215 Å². The van der Waals surface area contributed by atoms with E-state index in [1.807, 2.05) is 4.90 Å². The fourth-order valence-electron chi connectivity index (χ4n) is 5.32. The van der Waals surface area contributed by atoms with Crippen LogP contribution in [0.1, 0.15) is 49.8 Å². The van der Waals surface area contributed by atoms with Gasteiger partial charge in [0.25, 0.3) is 0 Å². The Morgan fingerprint density at radius 1 is 1.16 bits per heavy atom. The molecule has 0 radical (unpaired) electrons. The molecule has 4 rings (SSSR count). The Hall–Kier alpha value is -2.57. The Bertz CT molecular complexity index is 1170. The Balaban J connectivity index is 1.80. The third-order valence-corrected chi connectivity index (χ3v) is 8.69. The van der Waals surface area contributed by atoms with Crippen LogP contribution >= 0.6 is 0 Å². The summed E-state index contributed by atoms with van der Waals surface area (Å²) < 4.78 is 72.8. The normalized spacial score (nSPS) is 19.6. The number of anilines is 2. The van der Waals surface area contributed by atoms with Gasteiger partial charge < -0.3 is 20.5 Å². The van der Waals surface area contributed by atoms with Crippen LogP contribution in [0.5, 0.6) is 5.75 Å². The first-order valence-electron chi connectivity index (χ1n) is 12.5. The number of hydrogen-bond acceptors (Lipinski definition) is 7. The number of sulfonamides is 1. The summed E-state index contributed by atoms with van der Waals surface area (Å²) in [5.41, 5.74) is 2.54. The van der Waals surface area contributed by atoms with E-state index in [1.54, 1.807) is 36.5 Å². The number of halogens is 3. The predicted molar refractivity (Wildman–Crippen MR) is 134 cm³/mol. The molecule has 8 nitrogen and oxygen atoms in total. The average molecular weight is 543 g/mol. The van der Waals surface area contributed by atoms with E-state index < -0.39 is 28.1 Å². The van der Waals surface area contributed by atoms with Gasteiger partial charge in [-0.3, -0.25) is 4.98 Å². The minimum Gasteiger partial charge on any atom is -0.491 e. The van der Waals surface area contributed by atoms with Gasteiger partial charge in [-0.15, -0.1) is 0 Å². The Morgan fingerprint density at radius 3 is 2.59 bits per heavy atom. The fraction of sp³-hybridized carbons (Fsp3) is 0.560. The molecule has 1 aliphatic carbocycles. The van der Waals surface area contributed by atoms with Gasteiger partial charge >= 0.3 is 15.5 Å². The number of aromatic nitrogens is 1. The molecule has 0 amide bonds. The third-order valence-electron chi connectivity index (χ3n) is 7.14. The highest BCUT2D eigenvalue weighted by molar-refractivity contribution is 7.89. The van der Waals surface area contributed by atoms with Gasteiger partial charge in [-0.25, -0.2) is 8.42 Å². The number of nitrogens with two attached hydrogens (primary N) is 1. The second kappa shape index (κ2) is 11.4. The Morgan fingerprint density at radius 2 is 1.92 bits per heavy atom. The summed E-state index contributed by atoms with van der Waals surface area (Å²) in [6, 6.07) is 7.87. The number of pyridine rings is 1. The molecule has 2 aromatic rings. The number of nitrogen functional groups attached to an aromatic ring is 1. The van der Waals surface area contributed by atoms with Gasteiger partial charge in [-0.1, -0.05) is 31.7 Å². The minimum atomic E-state index is -5.61. The molecule has 0 saturated heterocycles. The summed E-state index contributed by atoms with van der Waals surface area (Å²) in [4.78, 5) is 6.32. The maximum Gasteiger partial charge on any atom is 0.511 e. The van der Waals surface area contributed by atoms with Crippen molar-refractivity contribution in [1.82, 2.24) is 9.29 Å². The number of nitrogens with zero attached hydrogens (tertiary/aromatic N) is 3. The van der Waals surface area contributed by atoms with E-state index in [2.05, 4.69) is 4.98 Å². The van der Waals surface area contributed by atoms with Gasteiger partial charge in [0.05, 0.1) is 18.8 Å². The maximum absolute atomic E-state index is 13.7. The molecule has 37 heavy (non-hydrogen) atoms. The summed E-state index contributed by atoms with van der Waals surface area (Å²) >= 11 is 0. The lowest BCUT2D eigenvalue weighted by atomic mass is 9.97. The lowest BCUT2D eigenvalue weighted by Crippen LogP contribution is -2.47. The van der Waals surface area contributed by atoms with Gasteiger partial charge in [0.15, 0.2) is 0 Å². The molecule has 1 aromatic heterocycles. The summed E-state index contributed by atoms with van der Waals surface area (Å²) in [5, 5.41) is 9.25. The number of hydrogen-bond donors (Lipinski definition) is 2. The van der Waals surface area contributed by atoms with Crippen molar-refractivity contribution in [1.29, 1.82) is 0 Å². The van der Waals surface area contributed by atoms with Crippen LogP contribution in [-0.4, -0.2) is 54.1 Å². The zero-order chi connectivity index (χ0) is 26.6. The zero-order valence-corrected chi connectivity index (χ0v) is 21.3. The first-order chi connectivity index (χ1) is 17.6. The minimum absolute atomic E-state index is 0.0790. The van der Waals surface area contributed by atoms with Crippen LogP contribution < -0.4 is 15.4 Å². The standard InChI is InChI=1S/C25H33F3N4O4S/c26-25(27,28)37(34,35)31-16-21(9-8-18-4-1-2-5-18)32(15-20-14-19(29)10-11-30-20)23-6-3-7-24(22(23)17-31)36-13-12-33/h3,6-7,10-11,14,18,21,33H,1-2,4-5,8-9,12-13,15-17H2,(H2,29,30)/t21-/m1/s1. The molecule has 12 heteroatoms. The third kappa shape index (κ3) is 6.29. The molecule has 3 N–H and O–H groups in total. The van der Waals surface area contributed by atoms with Crippen molar-refractivity contribution < 1.29 is 31.4 Å². The molecule has 204 valence electrons. The van der Waals surface area contributed by atoms with E-state index in [0.29, 0.717) is 39.3 Å². The molecule has 1 saturated carbocycles. The monoisotopic (exact) mass is 542 g/mol. The molecule has 0 spiro atoms. The molecule has 2 heterocycles. The number of benzene rings is 1. The number of rotatable bonds is 9. The van der Waals surface area contributed by atoms with Gasteiger partial charge in [0.2, 0.25) is 0 Å².